The Labute approximate surface area is 331 Å². The molecule has 0 unspecified atom stereocenters. The summed E-state index contributed by atoms with van der Waals surface area (Å²) in [4.78, 5) is 0. The Balaban J connectivity index is 1.48. The van der Waals surface area contributed by atoms with Crippen molar-refractivity contribution in [3.63, 3.8) is 0 Å². The lowest BCUT2D eigenvalue weighted by atomic mass is 9.75. The first kappa shape index (κ1) is 32.9. The summed E-state index contributed by atoms with van der Waals surface area (Å²) in [5, 5.41) is 25.0. The van der Waals surface area contributed by atoms with E-state index in [4.69, 9.17) is 0 Å². The van der Waals surface area contributed by atoms with Crippen molar-refractivity contribution >= 4 is 53.9 Å². The predicted octanol–water partition coefficient (Wildman–Crippen LogP) is 15.5. The quantitative estimate of drug-likeness (QED) is 0.187. The molecule has 0 aliphatic carbocycles. The molecule has 0 bridgehead atoms. The van der Waals surface area contributed by atoms with Gasteiger partial charge in [-0.25, -0.2) is 0 Å². The van der Waals surface area contributed by atoms with E-state index in [9.17, 15) is 5.11 Å². The summed E-state index contributed by atoms with van der Waals surface area (Å²) in [6.45, 7) is 0. The fourth-order valence-corrected chi connectivity index (χ4v) is 9.29. The highest BCUT2D eigenvalue weighted by atomic mass is 16.3. The zero-order valence-corrected chi connectivity index (χ0v) is 31.2. The normalized spacial score (nSPS) is 11.6. The Bertz CT molecular complexity index is 3160. The molecule has 57 heavy (non-hydrogen) atoms. The Morgan fingerprint density at radius 3 is 0.649 bits per heavy atom. The first-order valence-electron chi connectivity index (χ1n) is 19.6. The molecular formula is C56H36O. The van der Waals surface area contributed by atoms with Crippen molar-refractivity contribution in [1.29, 1.82) is 0 Å². The van der Waals surface area contributed by atoms with E-state index in [1.54, 1.807) is 0 Å². The van der Waals surface area contributed by atoms with Crippen molar-refractivity contribution in [2.45, 2.75) is 0 Å². The number of benzene rings is 11. The van der Waals surface area contributed by atoms with E-state index < -0.39 is 0 Å². The molecule has 0 amide bonds. The van der Waals surface area contributed by atoms with Gasteiger partial charge in [0, 0.05) is 22.3 Å². The van der Waals surface area contributed by atoms with Crippen LogP contribution in [-0.2, 0) is 0 Å². The smallest absolute Gasteiger partial charge is 0.132 e. The van der Waals surface area contributed by atoms with Gasteiger partial charge in [0.2, 0.25) is 0 Å². The van der Waals surface area contributed by atoms with Crippen LogP contribution in [0.5, 0.6) is 5.75 Å². The zero-order valence-electron chi connectivity index (χ0n) is 31.2. The largest absolute Gasteiger partial charge is 0.507 e. The highest BCUT2D eigenvalue weighted by molar-refractivity contribution is 6.22. The molecule has 1 nitrogen and oxygen atoms in total. The minimum Gasteiger partial charge on any atom is -0.507 e. The van der Waals surface area contributed by atoms with E-state index in [1.807, 2.05) is 0 Å². The summed E-state index contributed by atoms with van der Waals surface area (Å²) in [5.74, 6) is 0.262. The van der Waals surface area contributed by atoms with Gasteiger partial charge in [-0.15, -0.1) is 0 Å². The Morgan fingerprint density at radius 2 is 0.386 bits per heavy atom. The molecule has 1 heteroatoms. The second kappa shape index (κ2) is 13.4. The summed E-state index contributed by atoms with van der Waals surface area (Å²) in [7, 11) is 0. The van der Waals surface area contributed by atoms with E-state index in [-0.39, 0.29) is 5.75 Å². The predicted molar refractivity (Wildman–Crippen MR) is 243 cm³/mol. The monoisotopic (exact) mass is 724 g/mol. The fourth-order valence-electron chi connectivity index (χ4n) is 9.29. The minimum absolute atomic E-state index is 0.262. The van der Waals surface area contributed by atoms with Crippen LogP contribution in [0.3, 0.4) is 0 Å². The van der Waals surface area contributed by atoms with Gasteiger partial charge in [-0.1, -0.05) is 212 Å². The van der Waals surface area contributed by atoms with Crippen LogP contribution in [0.2, 0.25) is 0 Å². The Hall–Kier alpha value is -7.48. The molecule has 11 aromatic carbocycles. The summed E-state index contributed by atoms with van der Waals surface area (Å²) in [6.07, 6.45) is 0. The molecule has 0 heterocycles. The lowest BCUT2D eigenvalue weighted by Crippen LogP contribution is -2.01. The maximum Gasteiger partial charge on any atom is 0.132 e. The maximum atomic E-state index is 13.7. The van der Waals surface area contributed by atoms with E-state index in [2.05, 4.69) is 212 Å². The van der Waals surface area contributed by atoms with Crippen molar-refractivity contribution in [2.75, 3.05) is 0 Å². The van der Waals surface area contributed by atoms with Crippen LogP contribution < -0.4 is 0 Å². The van der Waals surface area contributed by atoms with Gasteiger partial charge in [0.15, 0.2) is 0 Å². The van der Waals surface area contributed by atoms with Gasteiger partial charge in [-0.3, -0.25) is 0 Å². The number of rotatable bonds is 5. The van der Waals surface area contributed by atoms with Gasteiger partial charge in [0.1, 0.15) is 5.75 Å². The van der Waals surface area contributed by atoms with E-state index in [0.29, 0.717) is 0 Å². The average molecular weight is 725 g/mol. The van der Waals surface area contributed by atoms with Crippen molar-refractivity contribution in [1.82, 2.24) is 0 Å². The third-order valence-corrected chi connectivity index (χ3v) is 11.8. The molecule has 266 valence electrons. The molecule has 11 aromatic rings. The molecule has 0 fully saturated rings. The molecule has 0 atom stereocenters. The molecule has 1 N–H and O–H groups in total. The third-order valence-electron chi connectivity index (χ3n) is 11.8. The topological polar surface area (TPSA) is 20.2 Å². The molecule has 0 aliphatic heterocycles. The lowest BCUT2D eigenvalue weighted by molar-refractivity contribution is 0.480. The molecule has 0 spiro atoms. The first-order chi connectivity index (χ1) is 28.2. The standard InChI is InChI=1S/C56H36O/c57-56-54(49-34-14-24-39-19-4-9-29-44(39)49)52(47-32-12-22-37-17-2-7-27-42(37)47)51(46-31-11-21-36-16-1-6-26-41(36)46)53(48-33-13-23-38-18-3-8-28-43(38)48)55(56)50-35-15-25-40-20-5-10-30-45(40)50/h1-35,57H. The average Bonchev–Trinajstić information content (AvgIpc) is 3.28. The number of phenolic OH excluding ortho intramolecular Hbond substituents is 1. The zero-order chi connectivity index (χ0) is 37.9. The molecule has 0 aliphatic rings. The first-order valence-corrected chi connectivity index (χ1v) is 19.6. The van der Waals surface area contributed by atoms with Gasteiger partial charge < -0.3 is 5.11 Å². The Morgan fingerprint density at radius 1 is 0.193 bits per heavy atom. The van der Waals surface area contributed by atoms with Crippen molar-refractivity contribution in [3.05, 3.63) is 212 Å². The van der Waals surface area contributed by atoms with Crippen LogP contribution >= 0.6 is 0 Å². The fraction of sp³-hybridized carbons (Fsp3) is 0. The molecular weight excluding hydrogens is 689 g/mol. The van der Waals surface area contributed by atoms with Gasteiger partial charge in [0.25, 0.3) is 0 Å². The number of aromatic hydroxyl groups is 1. The summed E-state index contributed by atoms with van der Waals surface area (Å²) in [5.41, 5.74) is 9.95. The summed E-state index contributed by atoms with van der Waals surface area (Å²) in [6, 6.07) is 75.8. The van der Waals surface area contributed by atoms with Crippen LogP contribution in [0.25, 0.3) is 109 Å². The van der Waals surface area contributed by atoms with Crippen molar-refractivity contribution < 1.29 is 5.11 Å². The second-order valence-corrected chi connectivity index (χ2v) is 14.9. The van der Waals surface area contributed by atoms with Crippen LogP contribution in [0.1, 0.15) is 0 Å². The van der Waals surface area contributed by atoms with Gasteiger partial charge in [0.05, 0.1) is 0 Å². The number of fused-ring (bicyclic) bond motifs is 5. The van der Waals surface area contributed by atoms with Crippen LogP contribution in [0.15, 0.2) is 212 Å². The van der Waals surface area contributed by atoms with Gasteiger partial charge in [-0.05, 0) is 87.2 Å². The Kier molecular flexibility index (Phi) is 7.72. The highest BCUT2D eigenvalue weighted by Gasteiger charge is 2.31. The lowest BCUT2D eigenvalue weighted by Gasteiger charge is -2.28. The number of phenols is 1. The molecule has 0 saturated heterocycles. The van der Waals surface area contributed by atoms with Crippen LogP contribution in [0.4, 0.5) is 0 Å². The number of hydrogen-bond acceptors (Lipinski definition) is 1. The van der Waals surface area contributed by atoms with E-state index >= 15 is 0 Å². The van der Waals surface area contributed by atoms with Crippen molar-refractivity contribution in [2.24, 2.45) is 0 Å². The van der Waals surface area contributed by atoms with Gasteiger partial charge in [-0.2, -0.15) is 0 Å². The molecule has 0 radical (unpaired) electrons. The van der Waals surface area contributed by atoms with E-state index in [0.717, 1.165) is 109 Å². The van der Waals surface area contributed by atoms with Crippen LogP contribution in [-0.4, -0.2) is 5.11 Å². The molecule has 0 aromatic heterocycles. The third kappa shape index (κ3) is 5.24. The maximum absolute atomic E-state index is 13.7. The SMILES string of the molecule is Oc1c(-c2cccc3ccccc23)c(-c2cccc3ccccc23)c(-c2cccc3ccccc23)c(-c2cccc3ccccc23)c1-c1cccc2ccccc12. The van der Waals surface area contributed by atoms with Gasteiger partial charge >= 0.3 is 0 Å². The highest BCUT2D eigenvalue weighted by Crippen LogP contribution is 2.59. The second-order valence-electron chi connectivity index (χ2n) is 14.9. The summed E-state index contributed by atoms with van der Waals surface area (Å²) < 4.78 is 0. The van der Waals surface area contributed by atoms with Crippen molar-refractivity contribution in [3.8, 4) is 61.4 Å². The molecule has 11 rings (SSSR count). The molecule has 0 saturated carbocycles. The number of hydrogen-bond donors (Lipinski definition) is 1. The minimum atomic E-state index is 0.262. The van der Waals surface area contributed by atoms with Crippen LogP contribution in [0, 0.1) is 0 Å². The summed E-state index contributed by atoms with van der Waals surface area (Å²) >= 11 is 0. The van der Waals surface area contributed by atoms with E-state index in [1.165, 1.54) is 0 Å².